The molecule has 21 heavy (non-hydrogen) atoms. The topological polar surface area (TPSA) is 83.7 Å². The molecule has 1 aromatic rings. The summed E-state index contributed by atoms with van der Waals surface area (Å²) in [6.45, 7) is 2.23. The fourth-order valence-electron chi connectivity index (χ4n) is 2.48. The number of likely N-dealkylation sites (N-methyl/N-ethyl adjacent to an activating group) is 1. The maximum atomic E-state index is 12.2. The molecule has 1 saturated heterocycles. The molecule has 3 amide bonds. The number of benzene rings is 1. The van der Waals surface area contributed by atoms with Gasteiger partial charge in [0.1, 0.15) is 6.04 Å². The molecule has 1 aliphatic heterocycles. The van der Waals surface area contributed by atoms with Crippen LogP contribution in [0.15, 0.2) is 18.2 Å². The minimum Gasteiger partial charge on any atom is -0.399 e. The summed E-state index contributed by atoms with van der Waals surface area (Å²) in [6, 6.07) is 4.88. The molecule has 1 atom stereocenters. The highest BCUT2D eigenvalue weighted by Crippen LogP contribution is 2.20. The number of nitrogens with two attached hydrogens (primary N) is 1. The van der Waals surface area contributed by atoms with Crippen LogP contribution in [0.4, 0.5) is 5.69 Å². The third kappa shape index (κ3) is 3.04. The Morgan fingerprint density at radius 2 is 2.14 bits per heavy atom. The van der Waals surface area contributed by atoms with Gasteiger partial charge >= 0.3 is 0 Å². The molecule has 0 saturated carbocycles. The Morgan fingerprint density at radius 1 is 1.43 bits per heavy atom. The summed E-state index contributed by atoms with van der Waals surface area (Å²) in [5.41, 5.74) is 8.28. The molecule has 2 N–H and O–H groups in total. The summed E-state index contributed by atoms with van der Waals surface area (Å²) >= 11 is 0. The van der Waals surface area contributed by atoms with Crippen LogP contribution in [0.1, 0.15) is 24.0 Å². The largest absolute Gasteiger partial charge is 0.399 e. The summed E-state index contributed by atoms with van der Waals surface area (Å²) in [5.74, 6) is -0.540. The zero-order valence-electron chi connectivity index (χ0n) is 12.2. The molecular formula is C15H19N3O3. The Balaban J connectivity index is 2.20. The van der Waals surface area contributed by atoms with Crippen LogP contribution >= 0.6 is 0 Å². The van der Waals surface area contributed by atoms with Crippen molar-refractivity contribution in [1.82, 2.24) is 9.80 Å². The molecule has 0 bridgehead atoms. The average molecular weight is 289 g/mol. The van der Waals surface area contributed by atoms with E-state index in [0.717, 1.165) is 16.0 Å². The van der Waals surface area contributed by atoms with Crippen LogP contribution in [0.2, 0.25) is 0 Å². The van der Waals surface area contributed by atoms with Crippen molar-refractivity contribution in [3.05, 3.63) is 29.3 Å². The number of amides is 3. The molecule has 1 fully saturated rings. The third-order valence-electron chi connectivity index (χ3n) is 3.88. The van der Waals surface area contributed by atoms with Crippen molar-refractivity contribution in [2.45, 2.75) is 32.4 Å². The van der Waals surface area contributed by atoms with E-state index in [1.54, 1.807) is 12.1 Å². The molecule has 2 rings (SSSR count). The van der Waals surface area contributed by atoms with Gasteiger partial charge in [0.25, 0.3) is 5.91 Å². The van der Waals surface area contributed by atoms with Gasteiger partial charge in [-0.05, 0) is 36.6 Å². The third-order valence-corrected chi connectivity index (χ3v) is 3.88. The van der Waals surface area contributed by atoms with Gasteiger partial charge in [0, 0.05) is 25.7 Å². The molecule has 6 nitrogen and oxygen atoms in total. The first kappa shape index (κ1) is 15.0. The van der Waals surface area contributed by atoms with Crippen molar-refractivity contribution in [1.29, 1.82) is 0 Å². The molecule has 1 aromatic carbocycles. The van der Waals surface area contributed by atoms with E-state index < -0.39 is 6.04 Å². The zero-order valence-corrected chi connectivity index (χ0v) is 12.2. The second-order valence-corrected chi connectivity index (χ2v) is 5.31. The first-order valence-corrected chi connectivity index (χ1v) is 6.80. The highest BCUT2D eigenvalue weighted by Gasteiger charge is 2.35. The Labute approximate surface area is 123 Å². The van der Waals surface area contributed by atoms with Crippen LogP contribution in [0.3, 0.4) is 0 Å². The molecule has 0 aromatic heterocycles. The maximum absolute atomic E-state index is 12.2. The number of carbonyl (C=O) groups is 3. The lowest BCUT2D eigenvalue weighted by atomic mass is 10.0. The lowest BCUT2D eigenvalue weighted by Crippen LogP contribution is -2.52. The number of hydrogen-bond acceptors (Lipinski definition) is 4. The lowest BCUT2D eigenvalue weighted by Gasteiger charge is -2.34. The van der Waals surface area contributed by atoms with Crippen LogP contribution < -0.4 is 5.73 Å². The number of rotatable bonds is 4. The number of carbonyl (C=O) groups excluding carboxylic acids is 3. The SMILES string of the molecule is Cc1ccc(N)cc1CN(C=O)C1CCC(=O)N(C)C1=O. The van der Waals surface area contributed by atoms with Crippen molar-refractivity contribution in [2.75, 3.05) is 12.8 Å². The number of piperidine rings is 1. The smallest absolute Gasteiger partial charge is 0.251 e. The van der Waals surface area contributed by atoms with Crippen molar-refractivity contribution in [3.63, 3.8) is 0 Å². The summed E-state index contributed by atoms with van der Waals surface area (Å²) in [4.78, 5) is 37.6. The van der Waals surface area contributed by atoms with Crippen LogP contribution in [-0.4, -0.2) is 41.1 Å². The van der Waals surface area contributed by atoms with Gasteiger partial charge < -0.3 is 10.6 Å². The number of imide groups is 1. The Morgan fingerprint density at radius 3 is 2.81 bits per heavy atom. The van der Waals surface area contributed by atoms with Gasteiger partial charge in [0.2, 0.25) is 12.3 Å². The predicted octanol–water partition coefficient (Wildman–Crippen LogP) is 0.683. The molecule has 1 aliphatic rings. The van der Waals surface area contributed by atoms with E-state index in [2.05, 4.69) is 0 Å². The number of nitrogens with zero attached hydrogens (tertiary/aromatic N) is 2. The molecular weight excluding hydrogens is 270 g/mol. The Bertz CT molecular complexity index is 586. The van der Waals surface area contributed by atoms with Gasteiger partial charge in [-0.15, -0.1) is 0 Å². The number of likely N-dealkylation sites (tertiary alicyclic amines) is 1. The van der Waals surface area contributed by atoms with Gasteiger partial charge in [0.05, 0.1) is 0 Å². The van der Waals surface area contributed by atoms with E-state index in [0.29, 0.717) is 25.1 Å². The average Bonchev–Trinajstić information content (AvgIpc) is 2.46. The monoisotopic (exact) mass is 289 g/mol. The van der Waals surface area contributed by atoms with Crippen LogP contribution in [0.25, 0.3) is 0 Å². The van der Waals surface area contributed by atoms with Crippen molar-refractivity contribution in [2.24, 2.45) is 0 Å². The first-order valence-electron chi connectivity index (χ1n) is 6.80. The summed E-state index contributed by atoms with van der Waals surface area (Å²) in [5, 5.41) is 0. The van der Waals surface area contributed by atoms with Gasteiger partial charge in [-0.1, -0.05) is 6.07 Å². The summed E-state index contributed by atoms with van der Waals surface area (Å²) < 4.78 is 0. The summed E-state index contributed by atoms with van der Waals surface area (Å²) in [7, 11) is 1.45. The predicted molar refractivity (Wildman–Crippen MR) is 78.0 cm³/mol. The highest BCUT2D eigenvalue weighted by atomic mass is 16.2. The second kappa shape index (κ2) is 5.95. The van der Waals surface area contributed by atoms with Crippen LogP contribution in [0.5, 0.6) is 0 Å². The fraction of sp³-hybridized carbons (Fsp3) is 0.400. The molecule has 1 heterocycles. The Kier molecular flexibility index (Phi) is 4.26. The number of anilines is 1. The summed E-state index contributed by atoms with van der Waals surface area (Å²) in [6.07, 6.45) is 1.30. The van der Waals surface area contributed by atoms with Crippen LogP contribution in [0, 0.1) is 6.92 Å². The van der Waals surface area contributed by atoms with E-state index in [1.807, 2.05) is 13.0 Å². The van der Waals surface area contributed by atoms with E-state index >= 15 is 0 Å². The van der Waals surface area contributed by atoms with E-state index in [-0.39, 0.29) is 18.2 Å². The van der Waals surface area contributed by atoms with Gasteiger partial charge in [-0.25, -0.2) is 0 Å². The van der Waals surface area contributed by atoms with Crippen molar-refractivity contribution < 1.29 is 14.4 Å². The number of hydrogen-bond donors (Lipinski definition) is 1. The quantitative estimate of drug-likeness (QED) is 0.502. The standard InChI is InChI=1S/C15H19N3O3/c1-10-3-4-12(16)7-11(10)8-18(9-19)13-5-6-14(20)17(2)15(13)21/h3-4,7,9,13H,5-6,8,16H2,1-2H3. The van der Waals surface area contributed by atoms with Crippen LogP contribution in [-0.2, 0) is 20.9 Å². The Hall–Kier alpha value is -2.37. The number of aryl methyl sites for hydroxylation is 1. The zero-order chi connectivity index (χ0) is 15.6. The minimum atomic E-state index is -0.592. The fourth-order valence-corrected chi connectivity index (χ4v) is 2.48. The first-order chi connectivity index (χ1) is 9.93. The van der Waals surface area contributed by atoms with E-state index in [4.69, 9.17) is 5.73 Å². The second-order valence-electron chi connectivity index (χ2n) is 5.31. The minimum absolute atomic E-state index is 0.206. The van der Waals surface area contributed by atoms with Gasteiger partial charge in [-0.2, -0.15) is 0 Å². The lowest BCUT2D eigenvalue weighted by molar-refractivity contribution is -0.153. The molecule has 1 unspecified atom stereocenters. The maximum Gasteiger partial charge on any atom is 0.251 e. The molecule has 112 valence electrons. The van der Waals surface area contributed by atoms with Gasteiger partial charge in [-0.3, -0.25) is 19.3 Å². The van der Waals surface area contributed by atoms with E-state index in [9.17, 15) is 14.4 Å². The normalized spacial score (nSPS) is 18.8. The van der Waals surface area contributed by atoms with Crippen molar-refractivity contribution >= 4 is 23.9 Å². The van der Waals surface area contributed by atoms with Gasteiger partial charge in [0.15, 0.2) is 0 Å². The van der Waals surface area contributed by atoms with Crippen molar-refractivity contribution in [3.8, 4) is 0 Å². The number of nitrogen functional groups attached to an aromatic ring is 1. The molecule has 0 radical (unpaired) electrons. The molecule has 6 heteroatoms. The van der Waals surface area contributed by atoms with E-state index in [1.165, 1.54) is 11.9 Å². The molecule has 0 spiro atoms. The highest BCUT2D eigenvalue weighted by molar-refractivity contribution is 6.00. The molecule has 0 aliphatic carbocycles.